The van der Waals surface area contributed by atoms with E-state index in [1.54, 1.807) is 24.3 Å². The molecule has 1 atom stereocenters. The highest BCUT2D eigenvalue weighted by atomic mass is 16.5. The van der Waals surface area contributed by atoms with Gasteiger partial charge in [0.1, 0.15) is 6.04 Å². The first-order chi connectivity index (χ1) is 7.67. The molecule has 84 valence electrons. The molecule has 0 amide bonds. The van der Waals surface area contributed by atoms with E-state index >= 15 is 0 Å². The number of carbonyl (C=O) groups is 1. The van der Waals surface area contributed by atoms with Gasteiger partial charge in [0.25, 0.3) is 0 Å². The summed E-state index contributed by atoms with van der Waals surface area (Å²) in [6.07, 6.45) is 0.392. The van der Waals surface area contributed by atoms with Gasteiger partial charge >= 0.3 is 5.97 Å². The molecule has 0 radical (unpaired) electrons. The van der Waals surface area contributed by atoms with E-state index in [0.29, 0.717) is 12.1 Å². The van der Waals surface area contributed by atoms with Crippen LogP contribution in [0.3, 0.4) is 0 Å². The summed E-state index contributed by atoms with van der Waals surface area (Å²) in [5.74, 6) is -0.445. The smallest absolute Gasteiger partial charge is 0.322 e. The van der Waals surface area contributed by atoms with Crippen molar-refractivity contribution in [3.63, 3.8) is 0 Å². The Bertz CT molecular complexity index is 409. The van der Waals surface area contributed by atoms with E-state index in [4.69, 9.17) is 11.3 Å². The first-order valence-electron chi connectivity index (χ1n) is 4.65. The number of hydrogen-bond donors (Lipinski definition) is 1. The van der Waals surface area contributed by atoms with Crippen molar-refractivity contribution in [3.8, 4) is 0 Å². The number of benzene rings is 1. The van der Waals surface area contributed by atoms with Crippen LogP contribution >= 0.6 is 0 Å². The third kappa shape index (κ3) is 3.27. The van der Waals surface area contributed by atoms with E-state index in [1.165, 1.54) is 7.11 Å². The Morgan fingerprint density at radius 3 is 2.69 bits per heavy atom. The van der Waals surface area contributed by atoms with Crippen LogP contribution in [0.4, 0.5) is 5.69 Å². The number of azide groups is 1. The van der Waals surface area contributed by atoms with Crippen molar-refractivity contribution in [1.82, 2.24) is 0 Å². The zero-order valence-corrected chi connectivity index (χ0v) is 8.83. The zero-order valence-electron chi connectivity index (χ0n) is 8.83. The van der Waals surface area contributed by atoms with Crippen LogP contribution in [0.1, 0.15) is 5.56 Å². The number of hydrogen-bond acceptors (Lipinski definition) is 4. The summed E-state index contributed by atoms with van der Waals surface area (Å²) >= 11 is 0. The van der Waals surface area contributed by atoms with Gasteiger partial charge < -0.3 is 10.5 Å². The van der Waals surface area contributed by atoms with Crippen molar-refractivity contribution in [2.75, 3.05) is 7.11 Å². The molecule has 6 nitrogen and oxygen atoms in total. The van der Waals surface area contributed by atoms with Gasteiger partial charge in [0.2, 0.25) is 0 Å². The number of esters is 1. The van der Waals surface area contributed by atoms with E-state index in [9.17, 15) is 4.79 Å². The van der Waals surface area contributed by atoms with Crippen molar-refractivity contribution in [2.24, 2.45) is 10.8 Å². The van der Waals surface area contributed by atoms with Crippen molar-refractivity contribution < 1.29 is 9.53 Å². The van der Waals surface area contributed by atoms with Gasteiger partial charge in [-0.05, 0) is 17.5 Å². The Labute approximate surface area is 92.6 Å². The molecule has 0 aliphatic rings. The minimum Gasteiger partial charge on any atom is -0.468 e. The molecule has 0 unspecified atom stereocenters. The average molecular weight is 220 g/mol. The fourth-order valence-electron chi connectivity index (χ4n) is 1.24. The molecule has 0 aliphatic carbocycles. The lowest BCUT2D eigenvalue weighted by molar-refractivity contribution is -0.142. The second kappa shape index (κ2) is 5.75. The molecule has 1 aromatic rings. The predicted octanol–water partition coefficient (Wildman–Crippen LogP) is 1.67. The van der Waals surface area contributed by atoms with Crippen LogP contribution in [0.15, 0.2) is 29.4 Å². The van der Waals surface area contributed by atoms with Crippen LogP contribution in [0.25, 0.3) is 10.4 Å². The van der Waals surface area contributed by atoms with Gasteiger partial charge in [-0.3, -0.25) is 4.79 Å². The predicted molar refractivity (Wildman–Crippen MR) is 58.9 cm³/mol. The summed E-state index contributed by atoms with van der Waals surface area (Å²) in [4.78, 5) is 13.7. The van der Waals surface area contributed by atoms with E-state index in [-0.39, 0.29) is 0 Å². The van der Waals surface area contributed by atoms with Crippen molar-refractivity contribution in [1.29, 1.82) is 0 Å². The fourth-order valence-corrected chi connectivity index (χ4v) is 1.24. The number of carbonyl (C=O) groups excluding carboxylic acids is 1. The van der Waals surface area contributed by atoms with Crippen molar-refractivity contribution in [3.05, 3.63) is 40.3 Å². The topological polar surface area (TPSA) is 101 Å². The molecule has 0 heterocycles. The van der Waals surface area contributed by atoms with E-state index in [2.05, 4.69) is 14.8 Å². The first-order valence-corrected chi connectivity index (χ1v) is 4.65. The minimum atomic E-state index is -0.671. The molecular weight excluding hydrogens is 208 g/mol. The molecule has 0 bridgehead atoms. The molecule has 0 aliphatic heterocycles. The van der Waals surface area contributed by atoms with Crippen molar-refractivity contribution >= 4 is 11.7 Å². The molecule has 1 aromatic carbocycles. The Kier molecular flexibility index (Phi) is 4.32. The Balaban J connectivity index is 2.68. The van der Waals surface area contributed by atoms with Gasteiger partial charge in [-0.25, -0.2) is 0 Å². The zero-order chi connectivity index (χ0) is 12.0. The van der Waals surface area contributed by atoms with Crippen LogP contribution in [0, 0.1) is 0 Å². The van der Waals surface area contributed by atoms with E-state index in [0.717, 1.165) is 5.56 Å². The summed E-state index contributed by atoms with van der Waals surface area (Å²) in [6.45, 7) is 0. The molecule has 1 rings (SSSR count). The molecule has 0 saturated heterocycles. The van der Waals surface area contributed by atoms with Crippen LogP contribution < -0.4 is 5.73 Å². The minimum absolute atomic E-state index is 0.392. The Morgan fingerprint density at radius 1 is 1.56 bits per heavy atom. The summed E-state index contributed by atoms with van der Waals surface area (Å²) in [5, 5.41) is 3.44. The standard InChI is InChI=1S/C10H12N4O2/c1-16-10(15)9(11)6-7-2-4-8(5-3-7)13-14-12/h2-5,9H,6,11H2,1H3/t9-/m0/s1. The lowest BCUT2D eigenvalue weighted by Crippen LogP contribution is -2.33. The molecule has 6 heteroatoms. The largest absolute Gasteiger partial charge is 0.468 e. The highest BCUT2D eigenvalue weighted by molar-refractivity contribution is 5.75. The number of nitrogens with two attached hydrogens (primary N) is 1. The maximum Gasteiger partial charge on any atom is 0.322 e. The average Bonchev–Trinajstić information content (AvgIpc) is 2.31. The molecule has 0 saturated carbocycles. The highest BCUT2D eigenvalue weighted by Gasteiger charge is 2.13. The van der Waals surface area contributed by atoms with Crippen LogP contribution in [-0.4, -0.2) is 19.1 Å². The molecule has 16 heavy (non-hydrogen) atoms. The maximum atomic E-state index is 11.1. The molecule has 2 N–H and O–H groups in total. The lowest BCUT2D eigenvalue weighted by atomic mass is 10.1. The van der Waals surface area contributed by atoms with Gasteiger partial charge in [0, 0.05) is 10.6 Å². The summed E-state index contributed by atoms with van der Waals surface area (Å²) in [7, 11) is 1.30. The highest BCUT2D eigenvalue weighted by Crippen LogP contribution is 2.14. The van der Waals surface area contributed by atoms with Gasteiger partial charge in [-0.2, -0.15) is 0 Å². The van der Waals surface area contributed by atoms with Crippen LogP contribution in [0.5, 0.6) is 0 Å². The number of ether oxygens (including phenoxy) is 1. The van der Waals surface area contributed by atoms with E-state index in [1.807, 2.05) is 0 Å². The van der Waals surface area contributed by atoms with Crippen LogP contribution in [-0.2, 0) is 16.0 Å². The Morgan fingerprint density at radius 2 is 2.19 bits per heavy atom. The monoisotopic (exact) mass is 220 g/mol. The normalized spacial score (nSPS) is 11.4. The second-order valence-electron chi connectivity index (χ2n) is 3.19. The van der Waals surface area contributed by atoms with Crippen LogP contribution in [0.2, 0.25) is 0 Å². The summed E-state index contributed by atoms with van der Waals surface area (Å²) in [5.41, 5.74) is 15.2. The molecule has 0 aromatic heterocycles. The number of nitrogens with zero attached hydrogens (tertiary/aromatic N) is 3. The SMILES string of the molecule is COC(=O)[C@@H](N)Cc1ccc(N=[N+]=[N-])cc1. The maximum absolute atomic E-state index is 11.1. The summed E-state index contributed by atoms with van der Waals surface area (Å²) in [6, 6.07) is 6.17. The third-order valence-electron chi connectivity index (χ3n) is 2.06. The van der Waals surface area contributed by atoms with Crippen molar-refractivity contribution in [2.45, 2.75) is 12.5 Å². The third-order valence-corrected chi connectivity index (χ3v) is 2.06. The fraction of sp³-hybridized carbons (Fsp3) is 0.300. The summed E-state index contributed by atoms with van der Waals surface area (Å²) < 4.78 is 4.52. The molecule has 0 spiro atoms. The number of methoxy groups -OCH3 is 1. The number of rotatable bonds is 4. The van der Waals surface area contributed by atoms with E-state index < -0.39 is 12.0 Å². The second-order valence-corrected chi connectivity index (χ2v) is 3.19. The molecular formula is C10H12N4O2. The first kappa shape index (κ1) is 12.0. The van der Waals surface area contributed by atoms with Gasteiger partial charge in [-0.15, -0.1) is 0 Å². The van der Waals surface area contributed by atoms with Gasteiger partial charge in [-0.1, -0.05) is 29.4 Å². The lowest BCUT2D eigenvalue weighted by Gasteiger charge is -2.08. The van der Waals surface area contributed by atoms with Gasteiger partial charge in [0.15, 0.2) is 0 Å². The van der Waals surface area contributed by atoms with Gasteiger partial charge in [0.05, 0.1) is 7.11 Å². The quantitative estimate of drug-likeness (QED) is 0.361. The Hall–Kier alpha value is -2.04. The molecule has 0 fully saturated rings.